The van der Waals surface area contributed by atoms with Crippen LogP contribution >= 0.6 is 0 Å². The molecule has 0 radical (unpaired) electrons. The number of esters is 1. The van der Waals surface area contributed by atoms with Crippen molar-refractivity contribution in [2.24, 2.45) is 39.4 Å². The van der Waals surface area contributed by atoms with Gasteiger partial charge in [-0.05, 0) is 48.9 Å². The maximum absolute atomic E-state index is 13.3. The zero-order valence-electron chi connectivity index (χ0n) is 22.3. The minimum Gasteiger partial charge on any atom is -0.460 e. The fourth-order valence-corrected chi connectivity index (χ4v) is 9.29. The lowest BCUT2D eigenvalue weighted by Crippen LogP contribution is -2.71. The second-order valence-electron chi connectivity index (χ2n) is 13.1. The lowest BCUT2D eigenvalue weighted by atomic mass is 9.32. The molecule has 4 saturated carbocycles. The Bertz CT molecular complexity index is 969. The van der Waals surface area contributed by atoms with Crippen molar-refractivity contribution in [1.82, 2.24) is 0 Å². The highest BCUT2D eigenvalue weighted by atomic mass is 16.7. The standard InChI is InChI=1S/C28H42O9/c1-6-25(4)10-18(37-19(31)12-36-23-21(33)20(32)16(29)11-35-23)26(5)14(2)9-28-13-27(24(26)28,8-7-17(28)30)15(3)22(25)34/h6,14-16,18,20-24,29,32-34H,1,7-13H2,2-5H3/t14?,15?,16?,18?,20?,21?,22?,23?,24?,25-,26?,27?,28?/m1/s1. The molecule has 5 fully saturated rings. The van der Waals surface area contributed by atoms with E-state index in [2.05, 4.69) is 27.4 Å². The van der Waals surface area contributed by atoms with Crippen molar-refractivity contribution in [3.63, 3.8) is 0 Å². The Morgan fingerprint density at radius 2 is 1.86 bits per heavy atom. The Hall–Kier alpha value is -1.36. The zero-order valence-corrected chi connectivity index (χ0v) is 22.3. The number of carbonyl (C=O) groups excluding carboxylic acids is 2. The van der Waals surface area contributed by atoms with E-state index in [0.717, 1.165) is 19.3 Å². The molecule has 0 aromatic rings. The summed E-state index contributed by atoms with van der Waals surface area (Å²) in [5.74, 6) is -0.243. The van der Waals surface area contributed by atoms with E-state index in [1.807, 2.05) is 6.92 Å². The van der Waals surface area contributed by atoms with Crippen molar-refractivity contribution >= 4 is 11.8 Å². The SMILES string of the molecule is C=C[C@]1(C)CC(OC(=O)COC2OCC(O)C(O)C2O)C2(C)C(C)CC34CC(CCC3=O)(C(C)C1O)C42. The topological polar surface area (TPSA) is 143 Å². The van der Waals surface area contributed by atoms with Gasteiger partial charge in [0.05, 0.1) is 12.7 Å². The minimum atomic E-state index is -1.51. The van der Waals surface area contributed by atoms with E-state index in [4.69, 9.17) is 14.2 Å². The van der Waals surface area contributed by atoms with Crippen LogP contribution in [0.15, 0.2) is 12.7 Å². The molecule has 1 heterocycles. The molecular formula is C28H42O9. The van der Waals surface area contributed by atoms with Crippen molar-refractivity contribution in [3.05, 3.63) is 12.7 Å². The Kier molecular flexibility index (Phi) is 6.49. The smallest absolute Gasteiger partial charge is 0.332 e. The molecule has 2 bridgehead atoms. The van der Waals surface area contributed by atoms with Gasteiger partial charge in [0.15, 0.2) is 6.29 Å². The van der Waals surface area contributed by atoms with Crippen LogP contribution in [0.25, 0.3) is 0 Å². The summed E-state index contributed by atoms with van der Waals surface area (Å²) in [6.07, 6.45) is -1.83. The van der Waals surface area contributed by atoms with E-state index in [-0.39, 0.29) is 29.8 Å². The predicted octanol–water partition coefficient (Wildman–Crippen LogP) is 1.35. The summed E-state index contributed by atoms with van der Waals surface area (Å²) >= 11 is 0. The molecule has 37 heavy (non-hydrogen) atoms. The summed E-state index contributed by atoms with van der Waals surface area (Å²) in [6, 6.07) is 0. The van der Waals surface area contributed by atoms with E-state index in [0.29, 0.717) is 18.6 Å². The zero-order chi connectivity index (χ0) is 27.1. The fraction of sp³-hybridized carbons (Fsp3) is 0.857. The minimum absolute atomic E-state index is 0.0154. The molecule has 0 amide bonds. The van der Waals surface area contributed by atoms with E-state index in [1.54, 1.807) is 6.08 Å². The van der Waals surface area contributed by atoms with Gasteiger partial charge in [0.2, 0.25) is 0 Å². The maximum atomic E-state index is 13.3. The molecule has 208 valence electrons. The molecule has 5 rings (SSSR count). The van der Waals surface area contributed by atoms with Gasteiger partial charge < -0.3 is 34.6 Å². The van der Waals surface area contributed by atoms with Gasteiger partial charge in [-0.25, -0.2) is 4.79 Å². The normalized spacial score (nSPS) is 54.9. The molecule has 9 nitrogen and oxygen atoms in total. The maximum Gasteiger partial charge on any atom is 0.332 e. The first-order valence-electron chi connectivity index (χ1n) is 13.6. The number of ether oxygens (including phenoxy) is 3. The molecular weight excluding hydrogens is 480 g/mol. The molecule has 0 aromatic heterocycles. The van der Waals surface area contributed by atoms with Crippen LogP contribution in [-0.4, -0.2) is 82.2 Å². The van der Waals surface area contributed by atoms with Crippen LogP contribution < -0.4 is 0 Å². The predicted molar refractivity (Wildman–Crippen MR) is 131 cm³/mol. The number of carbonyl (C=O) groups is 2. The van der Waals surface area contributed by atoms with E-state index < -0.39 is 65.6 Å². The van der Waals surface area contributed by atoms with Gasteiger partial charge in [-0.1, -0.05) is 33.8 Å². The second-order valence-corrected chi connectivity index (χ2v) is 13.1. The Balaban J connectivity index is 1.43. The molecule has 4 N–H and O–H groups in total. The van der Waals surface area contributed by atoms with E-state index in [1.165, 1.54) is 0 Å². The van der Waals surface area contributed by atoms with Crippen molar-refractivity contribution in [3.8, 4) is 0 Å². The summed E-state index contributed by atoms with van der Waals surface area (Å²) in [5, 5.41) is 41.3. The highest BCUT2D eigenvalue weighted by Gasteiger charge is 2.81. The molecule has 4 aliphatic carbocycles. The number of rotatable bonds is 5. The van der Waals surface area contributed by atoms with Gasteiger partial charge in [0.1, 0.15) is 36.8 Å². The van der Waals surface area contributed by atoms with E-state index in [9.17, 15) is 30.0 Å². The van der Waals surface area contributed by atoms with Crippen LogP contribution in [0.1, 0.15) is 59.8 Å². The van der Waals surface area contributed by atoms with Gasteiger partial charge >= 0.3 is 5.97 Å². The number of aliphatic hydroxyl groups excluding tert-OH is 4. The van der Waals surface area contributed by atoms with Crippen LogP contribution in [0, 0.1) is 39.4 Å². The molecule has 1 saturated heterocycles. The molecule has 12 unspecified atom stereocenters. The fourth-order valence-electron chi connectivity index (χ4n) is 9.29. The third kappa shape index (κ3) is 3.57. The number of hydrogen-bond acceptors (Lipinski definition) is 9. The molecule has 0 aromatic carbocycles. The summed E-state index contributed by atoms with van der Waals surface area (Å²) < 4.78 is 16.8. The highest BCUT2D eigenvalue weighted by Crippen LogP contribution is 2.82. The molecule has 1 aliphatic heterocycles. The van der Waals surface area contributed by atoms with Crippen molar-refractivity contribution < 1.29 is 44.2 Å². The highest BCUT2D eigenvalue weighted by molar-refractivity contribution is 5.89. The summed E-state index contributed by atoms with van der Waals surface area (Å²) in [7, 11) is 0. The third-order valence-electron chi connectivity index (χ3n) is 11.4. The van der Waals surface area contributed by atoms with Crippen LogP contribution in [0.5, 0.6) is 0 Å². The quantitative estimate of drug-likeness (QED) is 0.311. The summed E-state index contributed by atoms with van der Waals surface area (Å²) in [6.45, 7) is 11.6. The Labute approximate surface area is 218 Å². The first kappa shape index (κ1) is 27.2. The van der Waals surface area contributed by atoms with Crippen molar-refractivity contribution in [1.29, 1.82) is 0 Å². The molecule has 5 aliphatic rings. The van der Waals surface area contributed by atoms with Crippen LogP contribution in [0.2, 0.25) is 0 Å². The van der Waals surface area contributed by atoms with Gasteiger partial charge in [-0.15, -0.1) is 6.58 Å². The van der Waals surface area contributed by atoms with Gasteiger partial charge in [0, 0.05) is 22.7 Å². The number of Topliss-reactive ketones (excluding diaryl/α,β-unsaturated/α-hetero) is 1. The monoisotopic (exact) mass is 522 g/mol. The average molecular weight is 523 g/mol. The average Bonchev–Trinajstić information content (AvgIpc) is 3.04. The van der Waals surface area contributed by atoms with Crippen LogP contribution in [-0.2, 0) is 23.8 Å². The number of aliphatic hydroxyl groups is 4. The van der Waals surface area contributed by atoms with Gasteiger partial charge in [-0.2, -0.15) is 0 Å². The summed E-state index contributed by atoms with van der Waals surface area (Å²) in [5.41, 5.74) is -1.81. The van der Waals surface area contributed by atoms with Gasteiger partial charge in [0.25, 0.3) is 0 Å². The largest absolute Gasteiger partial charge is 0.460 e. The Morgan fingerprint density at radius 1 is 1.16 bits per heavy atom. The van der Waals surface area contributed by atoms with Crippen molar-refractivity contribution in [2.45, 2.75) is 96.6 Å². The van der Waals surface area contributed by atoms with Crippen LogP contribution in [0.4, 0.5) is 0 Å². The molecule has 9 heteroatoms. The van der Waals surface area contributed by atoms with Crippen molar-refractivity contribution in [2.75, 3.05) is 13.2 Å². The van der Waals surface area contributed by atoms with Gasteiger partial charge in [-0.3, -0.25) is 4.79 Å². The number of hydrogen-bond donors (Lipinski definition) is 4. The second kappa shape index (κ2) is 8.83. The number of ketones is 1. The lowest BCUT2D eigenvalue weighted by Gasteiger charge is -2.71. The first-order valence-corrected chi connectivity index (χ1v) is 13.6. The lowest BCUT2D eigenvalue weighted by molar-refractivity contribution is -0.274. The van der Waals surface area contributed by atoms with E-state index >= 15 is 0 Å². The Morgan fingerprint density at radius 3 is 2.54 bits per heavy atom. The molecule has 13 atom stereocenters. The summed E-state index contributed by atoms with van der Waals surface area (Å²) in [4.78, 5) is 26.5. The third-order valence-corrected chi connectivity index (χ3v) is 11.4. The first-order chi connectivity index (χ1) is 17.3. The van der Waals surface area contributed by atoms with Crippen LogP contribution in [0.3, 0.4) is 0 Å². The molecule has 2 spiro atoms.